The van der Waals surface area contributed by atoms with Crippen molar-refractivity contribution in [2.24, 2.45) is 0 Å². The summed E-state index contributed by atoms with van der Waals surface area (Å²) in [5.41, 5.74) is -4.05. The molecule has 0 heterocycles. The van der Waals surface area contributed by atoms with E-state index in [0.29, 0.717) is 20.8 Å². The molecule has 21 heavy (non-hydrogen) atoms. The van der Waals surface area contributed by atoms with Crippen molar-refractivity contribution >= 4 is 36.8 Å². The molecule has 3 nitrogen and oxygen atoms in total. The maximum absolute atomic E-state index is 12.5. The highest BCUT2D eigenvalue weighted by Gasteiger charge is 2.48. The third-order valence-electron chi connectivity index (χ3n) is 2.95. The SMILES string of the molecule is Cc1ccc(C)c2c(OS(=O)(=O)C(F)(F)F)cc(Br)cc12. The minimum Gasteiger partial charge on any atom is -0.375 e. The van der Waals surface area contributed by atoms with Crippen molar-refractivity contribution in [3.8, 4) is 5.75 Å². The number of aryl methyl sites for hydroxylation is 2. The Morgan fingerprint density at radius 1 is 1.10 bits per heavy atom. The second-order valence-corrected chi connectivity index (χ2v) is 6.96. The molecular formula is C13H10BrF3O3S. The molecule has 0 spiro atoms. The Hall–Kier alpha value is -1.28. The summed E-state index contributed by atoms with van der Waals surface area (Å²) < 4.78 is 64.6. The topological polar surface area (TPSA) is 43.4 Å². The van der Waals surface area contributed by atoms with Crippen molar-refractivity contribution < 1.29 is 25.8 Å². The summed E-state index contributed by atoms with van der Waals surface area (Å²) in [6, 6.07) is 6.40. The molecule has 0 amide bonds. The van der Waals surface area contributed by atoms with Crippen LogP contribution in [-0.4, -0.2) is 13.9 Å². The van der Waals surface area contributed by atoms with E-state index in [9.17, 15) is 21.6 Å². The van der Waals surface area contributed by atoms with Crippen molar-refractivity contribution in [3.63, 3.8) is 0 Å². The molecule has 0 aliphatic heterocycles. The molecule has 0 fully saturated rings. The predicted octanol–water partition coefficient (Wildman–Crippen LogP) is 4.45. The summed E-state index contributed by atoms with van der Waals surface area (Å²) in [4.78, 5) is 0. The van der Waals surface area contributed by atoms with Gasteiger partial charge in [-0.1, -0.05) is 28.1 Å². The van der Waals surface area contributed by atoms with Gasteiger partial charge in [-0.15, -0.1) is 0 Å². The van der Waals surface area contributed by atoms with Gasteiger partial charge in [-0.05, 0) is 42.5 Å². The summed E-state index contributed by atoms with van der Waals surface area (Å²) in [5.74, 6) is -0.349. The number of alkyl halides is 3. The fourth-order valence-corrected chi connectivity index (χ4v) is 2.85. The van der Waals surface area contributed by atoms with Gasteiger partial charge in [-0.3, -0.25) is 0 Å². The molecule has 0 radical (unpaired) electrons. The molecule has 2 rings (SSSR count). The lowest BCUT2D eigenvalue weighted by molar-refractivity contribution is -0.0499. The van der Waals surface area contributed by atoms with Gasteiger partial charge in [0.2, 0.25) is 0 Å². The minimum absolute atomic E-state index is 0.339. The number of benzene rings is 2. The number of rotatable bonds is 2. The van der Waals surface area contributed by atoms with Gasteiger partial charge < -0.3 is 4.18 Å². The van der Waals surface area contributed by atoms with Crippen molar-refractivity contribution in [2.75, 3.05) is 0 Å². The molecule has 0 unspecified atom stereocenters. The highest BCUT2D eigenvalue weighted by molar-refractivity contribution is 9.10. The molecule has 0 aliphatic carbocycles. The fourth-order valence-electron chi connectivity index (χ4n) is 1.95. The van der Waals surface area contributed by atoms with Gasteiger partial charge in [0.15, 0.2) is 5.75 Å². The molecule has 8 heteroatoms. The first-order chi connectivity index (χ1) is 9.53. The van der Waals surface area contributed by atoms with Gasteiger partial charge >= 0.3 is 15.6 Å². The van der Waals surface area contributed by atoms with Gasteiger partial charge in [0.25, 0.3) is 0 Å². The van der Waals surface area contributed by atoms with Gasteiger partial charge in [-0.25, -0.2) is 0 Å². The van der Waals surface area contributed by atoms with E-state index >= 15 is 0 Å². The summed E-state index contributed by atoms with van der Waals surface area (Å²) >= 11 is 3.14. The molecule has 0 saturated heterocycles. The van der Waals surface area contributed by atoms with E-state index in [-0.39, 0.29) is 5.75 Å². The Kier molecular flexibility index (Phi) is 3.96. The van der Waals surface area contributed by atoms with Crippen molar-refractivity contribution in [3.05, 3.63) is 39.9 Å². The molecule has 2 aromatic carbocycles. The van der Waals surface area contributed by atoms with Crippen LogP contribution in [0.5, 0.6) is 5.75 Å². The van der Waals surface area contributed by atoms with Gasteiger partial charge in [0, 0.05) is 9.86 Å². The largest absolute Gasteiger partial charge is 0.534 e. The molecule has 2 aromatic rings. The van der Waals surface area contributed by atoms with Crippen LogP contribution >= 0.6 is 15.9 Å². The zero-order chi connectivity index (χ0) is 16.0. The second-order valence-electron chi connectivity index (χ2n) is 4.51. The Morgan fingerprint density at radius 2 is 1.67 bits per heavy atom. The molecular weight excluding hydrogens is 373 g/mol. The number of hydrogen-bond acceptors (Lipinski definition) is 3. The highest BCUT2D eigenvalue weighted by atomic mass is 79.9. The first kappa shape index (κ1) is 16.1. The van der Waals surface area contributed by atoms with Crippen molar-refractivity contribution in [1.82, 2.24) is 0 Å². The van der Waals surface area contributed by atoms with E-state index < -0.39 is 15.6 Å². The van der Waals surface area contributed by atoms with Crippen LogP contribution in [0.2, 0.25) is 0 Å². The van der Waals surface area contributed by atoms with Gasteiger partial charge in [0.05, 0.1) is 0 Å². The summed E-state index contributed by atoms with van der Waals surface area (Å²) in [7, 11) is -5.71. The average molecular weight is 383 g/mol. The average Bonchev–Trinajstić information content (AvgIpc) is 2.31. The Bertz CT molecular complexity index is 814. The standard InChI is InChI=1S/C13H10BrF3O3S/c1-7-3-4-8(2)12-10(7)5-9(14)6-11(12)20-21(18,19)13(15,16)17/h3-6H,1-2H3. The first-order valence-corrected chi connectivity index (χ1v) is 7.93. The number of halogens is 4. The molecule has 0 N–H and O–H groups in total. The van der Waals surface area contributed by atoms with E-state index in [4.69, 9.17) is 0 Å². The van der Waals surface area contributed by atoms with E-state index in [0.717, 1.165) is 5.56 Å². The maximum atomic E-state index is 12.5. The minimum atomic E-state index is -5.71. The molecule has 0 bridgehead atoms. The third kappa shape index (κ3) is 3.01. The van der Waals surface area contributed by atoms with Crippen LogP contribution in [0.4, 0.5) is 13.2 Å². The van der Waals surface area contributed by atoms with Crippen LogP contribution in [0, 0.1) is 13.8 Å². The zero-order valence-electron chi connectivity index (χ0n) is 11.0. The fraction of sp³-hybridized carbons (Fsp3) is 0.231. The smallest absolute Gasteiger partial charge is 0.375 e. The third-order valence-corrected chi connectivity index (χ3v) is 4.38. The van der Waals surface area contributed by atoms with E-state index in [2.05, 4.69) is 20.1 Å². The molecule has 0 aromatic heterocycles. The molecule has 0 atom stereocenters. The summed E-state index contributed by atoms with van der Waals surface area (Å²) in [5, 5.41) is 0.961. The molecule has 0 aliphatic rings. The second kappa shape index (κ2) is 5.17. The Morgan fingerprint density at radius 3 is 2.24 bits per heavy atom. The van der Waals surface area contributed by atoms with Crippen molar-refractivity contribution in [2.45, 2.75) is 19.4 Å². The van der Waals surface area contributed by atoms with E-state index in [1.165, 1.54) is 6.07 Å². The zero-order valence-corrected chi connectivity index (χ0v) is 13.4. The van der Waals surface area contributed by atoms with Crippen molar-refractivity contribution in [1.29, 1.82) is 0 Å². The number of hydrogen-bond donors (Lipinski definition) is 0. The lowest BCUT2D eigenvalue weighted by Gasteiger charge is -2.14. The van der Waals surface area contributed by atoms with E-state index in [1.54, 1.807) is 32.0 Å². The van der Waals surface area contributed by atoms with Crippen LogP contribution < -0.4 is 4.18 Å². The van der Waals surface area contributed by atoms with Crippen LogP contribution in [0.3, 0.4) is 0 Å². The predicted molar refractivity (Wildman–Crippen MR) is 76.7 cm³/mol. The monoisotopic (exact) mass is 382 g/mol. The summed E-state index contributed by atoms with van der Waals surface area (Å²) in [6.45, 7) is 3.44. The Labute approximate surface area is 128 Å². The van der Waals surface area contributed by atoms with Crippen LogP contribution in [0.25, 0.3) is 10.8 Å². The van der Waals surface area contributed by atoms with Crippen LogP contribution in [-0.2, 0) is 10.1 Å². The van der Waals surface area contributed by atoms with Gasteiger partial charge in [-0.2, -0.15) is 21.6 Å². The van der Waals surface area contributed by atoms with Gasteiger partial charge in [0.1, 0.15) is 0 Å². The normalized spacial score (nSPS) is 12.7. The Balaban J connectivity index is 2.73. The van der Waals surface area contributed by atoms with Crippen LogP contribution in [0.15, 0.2) is 28.7 Å². The number of fused-ring (bicyclic) bond motifs is 1. The molecule has 0 saturated carbocycles. The van der Waals surface area contributed by atoms with Crippen LogP contribution in [0.1, 0.15) is 11.1 Å². The summed E-state index contributed by atoms with van der Waals surface area (Å²) in [6.07, 6.45) is 0. The highest BCUT2D eigenvalue weighted by Crippen LogP contribution is 2.37. The maximum Gasteiger partial charge on any atom is 0.534 e. The lowest BCUT2D eigenvalue weighted by Crippen LogP contribution is -2.28. The quantitative estimate of drug-likeness (QED) is 0.569. The first-order valence-electron chi connectivity index (χ1n) is 5.73. The molecule has 114 valence electrons. The van der Waals surface area contributed by atoms with E-state index in [1.807, 2.05) is 0 Å². The lowest BCUT2D eigenvalue weighted by atomic mass is 10.0.